The predicted molar refractivity (Wildman–Crippen MR) is 113 cm³/mol. The molecule has 0 atom stereocenters. The number of anilines is 1. The van der Waals surface area contributed by atoms with E-state index in [1.54, 1.807) is 6.20 Å². The van der Waals surface area contributed by atoms with Crippen LogP contribution in [-0.4, -0.2) is 30.3 Å². The Balaban J connectivity index is 1.52. The third-order valence-electron chi connectivity index (χ3n) is 4.40. The monoisotopic (exact) mass is 352 g/mol. The molecule has 2 aromatic carbocycles. The van der Waals surface area contributed by atoms with Gasteiger partial charge in [-0.15, -0.1) is 0 Å². The Hall–Kier alpha value is -3.53. The first-order valence-corrected chi connectivity index (χ1v) is 8.83. The summed E-state index contributed by atoms with van der Waals surface area (Å²) in [6, 6.07) is 24.4. The summed E-state index contributed by atoms with van der Waals surface area (Å²) < 4.78 is 0. The maximum absolute atomic E-state index is 4.64. The van der Waals surface area contributed by atoms with E-state index < -0.39 is 0 Å². The van der Waals surface area contributed by atoms with Crippen molar-refractivity contribution in [2.24, 2.45) is 4.99 Å². The molecule has 0 saturated heterocycles. The highest BCUT2D eigenvalue weighted by molar-refractivity contribution is 5.83. The van der Waals surface area contributed by atoms with E-state index in [2.05, 4.69) is 44.1 Å². The highest BCUT2D eigenvalue weighted by Crippen LogP contribution is 2.23. The van der Waals surface area contributed by atoms with E-state index in [1.165, 1.54) is 5.69 Å². The molecule has 2 heterocycles. The SMILES string of the molecule is CN(C)c1ccc(C=Nc2ccc(-c3ccc4cccnc4n3)cc2)cc1. The number of aromatic nitrogens is 2. The summed E-state index contributed by atoms with van der Waals surface area (Å²) in [7, 11) is 4.07. The fraction of sp³-hybridized carbons (Fsp3) is 0.0870. The normalized spacial score (nSPS) is 11.2. The summed E-state index contributed by atoms with van der Waals surface area (Å²) in [4.78, 5) is 15.6. The fourth-order valence-electron chi connectivity index (χ4n) is 2.84. The van der Waals surface area contributed by atoms with Crippen molar-refractivity contribution in [1.29, 1.82) is 0 Å². The number of rotatable bonds is 4. The molecule has 0 fully saturated rings. The smallest absolute Gasteiger partial charge is 0.159 e. The summed E-state index contributed by atoms with van der Waals surface area (Å²) in [5, 5.41) is 1.04. The molecule has 0 radical (unpaired) electrons. The third kappa shape index (κ3) is 3.85. The van der Waals surface area contributed by atoms with E-state index in [-0.39, 0.29) is 0 Å². The average molecular weight is 352 g/mol. The molecular weight excluding hydrogens is 332 g/mol. The van der Waals surface area contributed by atoms with E-state index in [4.69, 9.17) is 0 Å². The Morgan fingerprint density at radius 2 is 1.63 bits per heavy atom. The van der Waals surface area contributed by atoms with Crippen molar-refractivity contribution >= 4 is 28.6 Å². The van der Waals surface area contributed by atoms with Crippen LogP contribution in [0.2, 0.25) is 0 Å². The molecule has 27 heavy (non-hydrogen) atoms. The first kappa shape index (κ1) is 16.9. The molecule has 4 aromatic rings. The van der Waals surface area contributed by atoms with E-state index in [9.17, 15) is 0 Å². The van der Waals surface area contributed by atoms with Crippen molar-refractivity contribution in [3.8, 4) is 11.3 Å². The zero-order chi connectivity index (χ0) is 18.6. The van der Waals surface area contributed by atoms with Crippen LogP contribution < -0.4 is 4.90 Å². The zero-order valence-corrected chi connectivity index (χ0v) is 15.4. The molecule has 0 amide bonds. The van der Waals surface area contributed by atoms with Gasteiger partial charge in [0, 0.05) is 43.1 Å². The second kappa shape index (κ2) is 7.38. The lowest BCUT2D eigenvalue weighted by atomic mass is 10.1. The van der Waals surface area contributed by atoms with Gasteiger partial charge in [-0.05, 0) is 54.1 Å². The quantitative estimate of drug-likeness (QED) is 0.479. The third-order valence-corrected chi connectivity index (χ3v) is 4.40. The Kier molecular flexibility index (Phi) is 4.62. The molecule has 0 saturated carbocycles. The van der Waals surface area contributed by atoms with Crippen molar-refractivity contribution in [1.82, 2.24) is 9.97 Å². The lowest BCUT2D eigenvalue weighted by Gasteiger charge is -2.11. The highest BCUT2D eigenvalue weighted by atomic mass is 15.1. The molecule has 0 N–H and O–H groups in total. The molecule has 4 heteroatoms. The lowest BCUT2D eigenvalue weighted by molar-refractivity contribution is 1.13. The molecule has 0 aliphatic heterocycles. The van der Waals surface area contributed by atoms with Crippen LogP contribution in [0.1, 0.15) is 5.56 Å². The van der Waals surface area contributed by atoms with Crippen LogP contribution in [0, 0.1) is 0 Å². The van der Waals surface area contributed by atoms with Crippen LogP contribution >= 0.6 is 0 Å². The van der Waals surface area contributed by atoms with Gasteiger partial charge in [-0.1, -0.05) is 24.3 Å². The van der Waals surface area contributed by atoms with Gasteiger partial charge < -0.3 is 4.90 Å². The maximum Gasteiger partial charge on any atom is 0.159 e. The van der Waals surface area contributed by atoms with Crippen molar-refractivity contribution in [2.45, 2.75) is 0 Å². The van der Waals surface area contributed by atoms with Gasteiger partial charge in [-0.25, -0.2) is 9.97 Å². The number of pyridine rings is 2. The van der Waals surface area contributed by atoms with Crippen LogP contribution in [0.4, 0.5) is 11.4 Å². The number of nitrogens with zero attached hydrogens (tertiary/aromatic N) is 4. The van der Waals surface area contributed by atoms with Gasteiger partial charge in [0.25, 0.3) is 0 Å². The summed E-state index contributed by atoms with van der Waals surface area (Å²) in [5.41, 5.74) is 5.89. The van der Waals surface area contributed by atoms with Gasteiger partial charge in [-0.3, -0.25) is 4.99 Å². The summed E-state index contributed by atoms with van der Waals surface area (Å²) in [5.74, 6) is 0. The molecule has 4 nitrogen and oxygen atoms in total. The van der Waals surface area contributed by atoms with Crippen LogP contribution in [0.25, 0.3) is 22.3 Å². The first-order chi connectivity index (χ1) is 13.2. The molecule has 2 aromatic heterocycles. The summed E-state index contributed by atoms with van der Waals surface area (Å²) in [6.45, 7) is 0. The van der Waals surface area contributed by atoms with Gasteiger partial charge in [0.1, 0.15) is 0 Å². The molecule has 0 aliphatic carbocycles. The topological polar surface area (TPSA) is 41.4 Å². The number of aliphatic imine (C=N–C) groups is 1. The average Bonchev–Trinajstić information content (AvgIpc) is 2.72. The number of fused-ring (bicyclic) bond motifs is 1. The minimum atomic E-state index is 0.762. The minimum absolute atomic E-state index is 0.762. The molecule has 4 rings (SSSR count). The van der Waals surface area contributed by atoms with E-state index in [0.717, 1.165) is 33.5 Å². The van der Waals surface area contributed by atoms with Crippen LogP contribution in [-0.2, 0) is 0 Å². The number of benzene rings is 2. The maximum atomic E-state index is 4.64. The summed E-state index contributed by atoms with van der Waals surface area (Å²) >= 11 is 0. The number of hydrogen-bond donors (Lipinski definition) is 0. The van der Waals surface area contributed by atoms with Crippen molar-refractivity contribution in [3.05, 3.63) is 84.6 Å². The van der Waals surface area contributed by atoms with E-state index in [0.29, 0.717) is 0 Å². The van der Waals surface area contributed by atoms with Crippen molar-refractivity contribution < 1.29 is 0 Å². The Morgan fingerprint density at radius 1 is 0.852 bits per heavy atom. The summed E-state index contributed by atoms with van der Waals surface area (Å²) in [6.07, 6.45) is 3.65. The molecule has 0 aliphatic rings. The zero-order valence-electron chi connectivity index (χ0n) is 15.4. The lowest BCUT2D eigenvalue weighted by Crippen LogP contribution is -2.08. The highest BCUT2D eigenvalue weighted by Gasteiger charge is 2.02. The first-order valence-electron chi connectivity index (χ1n) is 8.83. The van der Waals surface area contributed by atoms with Gasteiger partial charge in [0.2, 0.25) is 0 Å². The molecule has 0 spiro atoms. The molecule has 132 valence electrons. The van der Waals surface area contributed by atoms with E-state index in [1.807, 2.05) is 68.8 Å². The Morgan fingerprint density at radius 3 is 2.37 bits per heavy atom. The predicted octanol–water partition coefficient (Wildman–Crippen LogP) is 5.11. The van der Waals surface area contributed by atoms with Gasteiger partial charge >= 0.3 is 0 Å². The largest absolute Gasteiger partial charge is 0.378 e. The molecular formula is C23H20N4. The Labute approximate surface area is 158 Å². The van der Waals surface area contributed by atoms with E-state index >= 15 is 0 Å². The fourth-order valence-corrected chi connectivity index (χ4v) is 2.84. The standard InChI is InChI=1S/C23H20N4/c1-27(2)21-12-5-17(6-13-21)16-25-20-10-7-18(8-11-20)22-14-9-19-4-3-15-24-23(19)26-22/h3-16H,1-2H3. The van der Waals surface area contributed by atoms with Crippen LogP contribution in [0.3, 0.4) is 0 Å². The Bertz CT molecular complexity index is 1080. The second-order valence-corrected chi connectivity index (χ2v) is 6.54. The van der Waals surface area contributed by atoms with Crippen molar-refractivity contribution in [3.63, 3.8) is 0 Å². The van der Waals surface area contributed by atoms with Crippen molar-refractivity contribution in [2.75, 3.05) is 19.0 Å². The minimum Gasteiger partial charge on any atom is -0.378 e. The van der Waals surface area contributed by atoms with Gasteiger partial charge in [0.05, 0.1) is 11.4 Å². The van der Waals surface area contributed by atoms with Gasteiger partial charge in [0.15, 0.2) is 5.65 Å². The molecule has 0 bridgehead atoms. The number of hydrogen-bond acceptors (Lipinski definition) is 4. The van der Waals surface area contributed by atoms with Crippen LogP contribution in [0.15, 0.2) is 84.0 Å². The second-order valence-electron chi connectivity index (χ2n) is 6.54. The van der Waals surface area contributed by atoms with Crippen LogP contribution in [0.5, 0.6) is 0 Å². The van der Waals surface area contributed by atoms with Gasteiger partial charge in [-0.2, -0.15) is 0 Å². The molecule has 0 unspecified atom stereocenters.